The topological polar surface area (TPSA) is 73.7 Å². The zero-order chi connectivity index (χ0) is 9.40. The Kier molecular flexibility index (Phi) is 6.72. The summed E-state index contributed by atoms with van der Waals surface area (Å²) in [5.74, 6) is 6.93. The van der Waals surface area contributed by atoms with E-state index in [2.05, 4.69) is 11.8 Å². The Morgan fingerprint density at radius 2 is 1.75 bits per heavy atom. The third-order valence-electron chi connectivity index (χ3n) is 0.786. The lowest BCUT2D eigenvalue weighted by atomic mass is 10.7. The second-order valence-electron chi connectivity index (χ2n) is 1.85. The maximum absolute atomic E-state index is 7.08. The molecule has 0 saturated heterocycles. The van der Waals surface area contributed by atoms with Crippen LogP contribution in [-0.2, 0) is 0 Å². The van der Waals surface area contributed by atoms with Gasteiger partial charge in [0, 0.05) is 0 Å². The molecule has 0 unspecified atom stereocenters. The summed E-state index contributed by atoms with van der Waals surface area (Å²) in [6.07, 6.45) is 0. The molecule has 5 heteroatoms. The third kappa shape index (κ3) is 9.40. The number of amidine groups is 1. The number of hydrogen-bond donors (Lipinski definition) is 3. The van der Waals surface area contributed by atoms with Crippen molar-refractivity contribution in [1.29, 1.82) is 10.8 Å². The molecular formula is C7H11N3S2. The highest BCUT2D eigenvalue weighted by atomic mass is 32.2. The van der Waals surface area contributed by atoms with Crippen molar-refractivity contribution in [3.8, 4) is 11.8 Å². The van der Waals surface area contributed by atoms with Crippen molar-refractivity contribution in [3.63, 3.8) is 0 Å². The molecule has 0 aromatic carbocycles. The van der Waals surface area contributed by atoms with Crippen molar-refractivity contribution < 1.29 is 0 Å². The average Bonchev–Trinajstić information content (AvgIpc) is 1.95. The number of rotatable bonds is 2. The first-order chi connectivity index (χ1) is 5.63. The van der Waals surface area contributed by atoms with Crippen LogP contribution >= 0.6 is 23.5 Å². The van der Waals surface area contributed by atoms with E-state index in [9.17, 15) is 0 Å². The fourth-order valence-electron chi connectivity index (χ4n) is 0.360. The summed E-state index contributed by atoms with van der Waals surface area (Å²) < 4.78 is 0. The minimum atomic E-state index is 0.0974. The lowest BCUT2D eigenvalue weighted by Crippen LogP contribution is -2.03. The van der Waals surface area contributed by atoms with Gasteiger partial charge in [0.2, 0.25) is 0 Å². The number of thioether (sulfide) groups is 2. The van der Waals surface area contributed by atoms with Crippen LogP contribution < -0.4 is 5.73 Å². The van der Waals surface area contributed by atoms with Crippen LogP contribution in [0.3, 0.4) is 0 Å². The first-order valence-electron chi connectivity index (χ1n) is 3.23. The highest BCUT2D eigenvalue weighted by Crippen LogP contribution is 1.99. The van der Waals surface area contributed by atoms with E-state index in [-0.39, 0.29) is 5.17 Å². The van der Waals surface area contributed by atoms with Crippen molar-refractivity contribution in [2.45, 2.75) is 6.92 Å². The molecule has 0 spiro atoms. The summed E-state index contributed by atoms with van der Waals surface area (Å²) in [6.45, 7) is 1.73. The van der Waals surface area contributed by atoms with Crippen LogP contribution in [0.1, 0.15) is 6.92 Å². The fraction of sp³-hybridized carbons (Fsp3) is 0.429. The molecule has 0 atom stereocenters. The van der Waals surface area contributed by atoms with Gasteiger partial charge in [-0.05, 0) is 6.92 Å². The van der Waals surface area contributed by atoms with Crippen molar-refractivity contribution in [1.82, 2.24) is 0 Å². The predicted molar refractivity (Wildman–Crippen MR) is 58.0 cm³/mol. The van der Waals surface area contributed by atoms with Gasteiger partial charge in [-0.3, -0.25) is 10.8 Å². The van der Waals surface area contributed by atoms with Crippen molar-refractivity contribution in [2.24, 2.45) is 5.73 Å². The molecule has 0 aliphatic heterocycles. The monoisotopic (exact) mass is 201 g/mol. The van der Waals surface area contributed by atoms with E-state index in [1.807, 2.05) is 0 Å². The summed E-state index contributed by atoms with van der Waals surface area (Å²) in [5.41, 5.74) is 5.09. The average molecular weight is 201 g/mol. The van der Waals surface area contributed by atoms with Gasteiger partial charge < -0.3 is 5.73 Å². The summed E-state index contributed by atoms with van der Waals surface area (Å²) in [6, 6.07) is 0. The molecule has 0 fully saturated rings. The second-order valence-corrected chi connectivity index (χ2v) is 4.06. The molecule has 0 bridgehead atoms. The Balaban J connectivity index is 3.35. The molecule has 0 aliphatic carbocycles. The first-order valence-corrected chi connectivity index (χ1v) is 5.20. The van der Waals surface area contributed by atoms with Crippen LogP contribution in [0.5, 0.6) is 0 Å². The lowest BCUT2D eigenvalue weighted by molar-refractivity contribution is 1.50. The SMILES string of the molecule is CC(=N)SCC#CCSC(=N)N. The Morgan fingerprint density at radius 1 is 1.25 bits per heavy atom. The van der Waals surface area contributed by atoms with Gasteiger partial charge in [-0.1, -0.05) is 35.4 Å². The maximum Gasteiger partial charge on any atom is 0.151 e. The Morgan fingerprint density at radius 3 is 2.17 bits per heavy atom. The van der Waals surface area contributed by atoms with E-state index in [1.54, 1.807) is 6.92 Å². The molecule has 0 rings (SSSR count). The van der Waals surface area contributed by atoms with E-state index < -0.39 is 0 Å². The zero-order valence-electron chi connectivity index (χ0n) is 6.81. The third-order valence-corrected chi connectivity index (χ3v) is 2.11. The van der Waals surface area contributed by atoms with E-state index >= 15 is 0 Å². The van der Waals surface area contributed by atoms with Gasteiger partial charge in [-0.15, -0.1) is 0 Å². The minimum absolute atomic E-state index is 0.0974. The Labute approximate surface area is 80.9 Å². The molecule has 0 amide bonds. The fourth-order valence-corrected chi connectivity index (χ4v) is 1.08. The zero-order valence-corrected chi connectivity index (χ0v) is 8.44. The van der Waals surface area contributed by atoms with E-state index in [4.69, 9.17) is 16.6 Å². The normalized spacial score (nSPS) is 8.42. The lowest BCUT2D eigenvalue weighted by Gasteiger charge is -1.89. The molecule has 0 aromatic heterocycles. The second kappa shape index (κ2) is 7.07. The molecular weight excluding hydrogens is 190 g/mol. The van der Waals surface area contributed by atoms with Crippen molar-refractivity contribution >= 4 is 33.7 Å². The molecule has 66 valence electrons. The molecule has 0 aliphatic rings. The smallest absolute Gasteiger partial charge is 0.151 e. The summed E-state index contributed by atoms with van der Waals surface area (Å²) >= 11 is 2.62. The maximum atomic E-state index is 7.08. The summed E-state index contributed by atoms with van der Waals surface area (Å²) in [7, 11) is 0. The van der Waals surface area contributed by atoms with Gasteiger partial charge in [0.05, 0.1) is 16.5 Å². The first kappa shape index (κ1) is 11.4. The molecule has 0 radical (unpaired) electrons. The molecule has 0 saturated carbocycles. The summed E-state index contributed by atoms with van der Waals surface area (Å²) in [4.78, 5) is 0. The molecule has 4 N–H and O–H groups in total. The predicted octanol–water partition coefficient (Wildman–Crippen LogP) is 1.35. The van der Waals surface area contributed by atoms with Gasteiger partial charge in [-0.25, -0.2) is 0 Å². The van der Waals surface area contributed by atoms with Crippen molar-refractivity contribution in [2.75, 3.05) is 11.5 Å². The van der Waals surface area contributed by atoms with Crippen LogP contribution in [0.4, 0.5) is 0 Å². The minimum Gasteiger partial charge on any atom is -0.379 e. The van der Waals surface area contributed by atoms with Crippen LogP contribution in [0, 0.1) is 22.7 Å². The standard InChI is InChI=1S/C7H11N3S2/c1-6(8)11-4-2-3-5-12-7(9)10/h8H,4-5H2,1H3,(H3,9,10). The van der Waals surface area contributed by atoms with Gasteiger partial charge in [0.15, 0.2) is 5.17 Å². The van der Waals surface area contributed by atoms with Crippen LogP contribution in [-0.4, -0.2) is 21.7 Å². The van der Waals surface area contributed by atoms with Gasteiger partial charge >= 0.3 is 0 Å². The van der Waals surface area contributed by atoms with Crippen molar-refractivity contribution in [3.05, 3.63) is 0 Å². The Hall–Kier alpha value is -0.600. The largest absolute Gasteiger partial charge is 0.379 e. The Bertz CT molecular complexity index is 205. The molecule has 3 nitrogen and oxygen atoms in total. The van der Waals surface area contributed by atoms with E-state index in [0.717, 1.165) is 0 Å². The van der Waals surface area contributed by atoms with Crippen LogP contribution in [0.15, 0.2) is 0 Å². The summed E-state index contributed by atoms with van der Waals surface area (Å²) in [5, 5.41) is 14.6. The number of nitrogens with one attached hydrogen (secondary N) is 2. The van der Waals surface area contributed by atoms with Gasteiger partial charge in [0.1, 0.15) is 0 Å². The number of hydrogen-bond acceptors (Lipinski definition) is 4. The highest BCUT2D eigenvalue weighted by Gasteiger charge is 1.86. The van der Waals surface area contributed by atoms with Crippen LogP contribution in [0.25, 0.3) is 0 Å². The van der Waals surface area contributed by atoms with Crippen LogP contribution in [0.2, 0.25) is 0 Å². The quantitative estimate of drug-likeness (QED) is 0.358. The van der Waals surface area contributed by atoms with Gasteiger partial charge in [0.25, 0.3) is 0 Å². The molecule has 12 heavy (non-hydrogen) atoms. The molecule has 0 heterocycles. The number of nitrogens with two attached hydrogens (primary N) is 1. The van der Waals surface area contributed by atoms with E-state index in [0.29, 0.717) is 16.5 Å². The van der Waals surface area contributed by atoms with E-state index in [1.165, 1.54) is 23.5 Å². The molecule has 0 aromatic rings. The highest BCUT2D eigenvalue weighted by molar-refractivity contribution is 8.14. The van der Waals surface area contributed by atoms with Gasteiger partial charge in [-0.2, -0.15) is 0 Å².